The predicted molar refractivity (Wildman–Crippen MR) is 200 cm³/mol. The minimum absolute atomic E-state index is 0.00706. The largest absolute Gasteiger partial charge is 0.392 e. The molecule has 1 saturated carbocycles. The molecule has 2 N–H and O–H groups in total. The van der Waals surface area contributed by atoms with Crippen molar-refractivity contribution in [2.75, 3.05) is 13.1 Å². The maximum Gasteiger partial charge on any atom is 0.271 e. The van der Waals surface area contributed by atoms with E-state index in [1.807, 2.05) is 60.7 Å². The van der Waals surface area contributed by atoms with Crippen LogP contribution >= 0.6 is 0 Å². The van der Waals surface area contributed by atoms with Gasteiger partial charge >= 0.3 is 0 Å². The molecule has 8 nitrogen and oxygen atoms in total. The molecule has 7 rings (SSSR count). The summed E-state index contributed by atoms with van der Waals surface area (Å²) in [6.07, 6.45) is 7.68. The third-order valence-electron chi connectivity index (χ3n) is 10.3. The van der Waals surface area contributed by atoms with Crippen molar-refractivity contribution in [1.29, 1.82) is 0 Å². The van der Waals surface area contributed by atoms with Crippen LogP contribution in [-0.2, 0) is 22.6 Å². The second kappa shape index (κ2) is 16.1. The summed E-state index contributed by atoms with van der Waals surface area (Å²) in [7, 11) is 0. The summed E-state index contributed by atoms with van der Waals surface area (Å²) in [5, 5.41) is 12.7. The molecule has 2 aliphatic rings. The molecule has 1 saturated heterocycles. The van der Waals surface area contributed by atoms with Crippen molar-refractivity contribution in [3.05, 3.63) is 144 Å². The number of ether oxygens (including phenoxy) is 2. The molecule has 2 fully saturated rings. The zero-order valence-electron chi connectivity index (χ0n) is 29.2. The Labute approximate surface area is 300 Å². The van der Waals surface area contributed by atoms with Gasteiger partial charge in [0, 0.05) is 37.2 Å². The lowest BCUT2D eigenvalue weighted by molar-refractivity contribution is -0.276. The monoisotopic (exact) mass is 682 g/mol. The number of hydrogen-bond acceptors (Lipinski definition) is 7. The van der Waals surface area contributed by atoms with Crippen LogP contribution in [0.4, 0.5) is 0 Å². The molecule has 0 bridgehead atoms. The Balaban J connectivity index is 1.10. The number of aliphatic hydroxyl groups excluding tert-OH is 1. The van der Waals surface area contributed by atoms with Gasteiger partial charge in [-0.2, -0.15) is 0 Å². The van der Waals surface area contributed by atoms with E-state index in [1.165, 1.54) is 31.9 Å². The van der Waals surface area contributed by atoms with Crippen LogP contribution in [0.3, 0.4) is 0 Å². The normalized spacial score (nSPS) is 20.8. The fraction of sp³-hybridized carbons (Fsp3) is 0.326. The van der Waals surface area contributed by atoms with Gasteiger partial charge in [0.25, 0.3) is 5.91 Å². The van der Waals surface area contributed by atoms with Crippen molar-refractivity contribution in [3.8, 4) is 11.1 Å². The van der Waals surface area contributed by atoms with Gasteiger partial charge < -0.3 is 19.9 Å². The van der Waals surface area contributed by atoms with Crippen LogP contribution in [0.2, 0.25) is 0 Å². The Hall–Kier alpha value is -4.73. The molecule has 5 aromatic rings. The Morgan fingerprint density at radius 1 is 0.902 bits per heavy atom. The van der Waals surface area contributed by atoms with E-state index in [0.29, 0.717) is 18.1 Å². The predicted octanol–water partition coefficient (Wildman–Crippen LogP) is 7.94. The van der Waals surface area contributed by atoms with E-state index in [2.05, 4.69) is 76.2 Å². The van der Waals surface area contributed by atoms with Gasteiger partial charge in [0.2, 0.25) is 0 Å². The molecule has 0 radical (unpaired) electrons. The van der Waals surface area contributed by atoms with E-state index in [0.717, 1.165) is 52.0 Å². The lowest BCUT2D eigenvalue weighted by atomic mass is 9.89. The van der Waals surface area contributed by atoms with Gasteiger partial charge in [0.05, 0.1) is 36.0 Å². The highest BCUT2D eigenvalue weighted by atomic mass is 16.7. The van der Waals surface area contributed by atoms with Gasteiger partial charge in [0.1, 0.15) is 5.69 Å². The number of nitrogens with one attached hydrogen (secondary N) is 1. The molecule has 4 aromatic carbocycles. The standard InChI is InChI=1S/C43H46N4O4/c1-3-22-47(36-14-4-5-15-36)27-40-29(2)41(32-20-18-30(28-48)19-21-32)51-43(50-40)35-13-9-12-34(24-35)33-11-8-10-31(23-33)25-45-42(49)39-26-44-37-16-6-7-17-38(37)46-39/h3,6-13,16-21,23-24,26,29,36,40-41,43,48H,1,4-5,14-15,22,25,27-28H2,2H3,(H,45,49)/t29-,40+,41+,43+/m1/s1. The second-order valence-corrected chi connectivity index (χ2v) is 13.8. The van der Waals surface area contributed by atoms with Crippen molar-refractivity contribution in [3.63, 3.8) is 0 Å². The van der Waals surface area contributed by atoms with E-state index in [4.69, 9.17) is 9.47 Å². The van der Waals surface area contributed by atoms with E-state index in [1.54, 1.807) is 0 Å². The highest BCUT2D eigenvalue weighted by Gasteiger charge is 2.40. The number of fused-ring (bicyclic) bond motifs is 1. The lowest BCUT2D eigenvalue weighted by Gasteiger charge is -2.43. The minimum atomic E-state index is -0.562. The molecule has 2 heterocycles. The molecular weight excluding hydrogens is 636 g/mol. The first kappa shape index (κ1) is 34.7. The van der Waals surface area contributed by atoms with Crippen LogP contribution in [0, 0.1) is 5.92 Å². The number of benzene rings is 4. The smallest absolute Gasteiger partial charge is 0.271 e. The van der Waals surface area contributed by atoms with E-state index in [9.17, 15) is 9.90 Å². The zero-order chi connectivity index (χ0) is 35.2. The first-order valence-corrected chi connectivity index (χ1v) is 18.0. The highest BCUT2D eigenvalue weighted by molar-refractivity contribution is 5.93. The fourth-order valence-electron chi connectivity index (χ4n) is 7.43. The average Bonchev–Trinajstić information content (AvgIpc) is 3.73. The summed E-state index contributed by atoms with van der Waals surface area (Å²) in [4.78, 5) is 24.4. The SMILES string of the molecule is C=CCN(C[C@@H]1O[C@H](c2cccc(-c3cccc(CNC(=O)c4cnc5ccccc5n4)c3)c2)O[C@H](c2ccc(CO)cc2)[C@@H]1C)C1CCCC1. The molecule has 1 amide bonds. The number of amides is 1. The summed E-state index contributed by atoms with van der Waals surface area (Å²) in [6.45, 7) is 8.29. The summed E-state index contributed by atoms with van der Waals surface area (Å²) in [5.74, 6) is -0.165. The first-order valence-electron chi connectivity index (χ1n) is 18.0. The van der Waals surface area contributed by atoms with E-state index < -0.39 is 6.29 Å². The van der Waals surface area contributed by atoms with Gasteiger partial charge in [-0.1, -0.05) is 98.6 Å². The molecule has 262 valence electrons. The molecule has 1 aliphatic heterocycles. The second-order valence-electron chi connectivity index (χ2n) is 13.8. The van der Waals surface area contributed by atoms with Crippen LogP contribution in [-0.4, -0.2) is 51.1 Å². The minimum Gasteiger partial charge on any atom is -0.392 e. The molecule has 0 unspecified atom stereocenters. The molecular formula is C43H46N4O4. The highest BCUT2D eigenvalue weighted by Crippen LogP contribution is 2.43. The van der Waals surface area contributed by atoms with Crippen molar-refractivity contribution < 1.29 is 19.4 Å². The topological polar surface area (TPSA) is 96.8 Å². The third-order valence-corrected chi connectivity index (χ3v) is 10.3. The Morgan fingerprint density at radius 3 is 2.41 bits per heavy atom. The third kappa shape index (κ3) is 8.10. The molecule has 1 aliphatic carbocycles. The van der Waals surface area contributed by atoms with Crippen molar-refractivity contribution in [1.82, 2.24) is 20.2 Å². The molecule has 0 spiro atoms. The fourth-order valence-corrected chi connectivity index (χ4v) is 7.43. The quantitative estimate of drug-likeness (QED) is 0.129. The van der Waals surface area contributed by atoms with Crippen LogP contribution < -0.4 is 5.32 Å². The number of hydrogen-bond donors (Lipinski definition) is 2. The number of aromatic nitrogens is 2. The number of carbonyl (C=O) groups excluding carboxylic acids is 1. The maximum absolute atomic E-state index is 13.0. The molecule has 51 heavy (non-hydrogen) atoms. The molecule has 1 aromatic heterocycles. The molecule has 4 atom stereocenters. The van der Waals surface area contributed by atoms with Crippen LogP contribution in [0.5, 0.6) is 0 Å². The van der Waals surface area contributed by atoms with Crippen LogP contribution in [0.25, 0.3) is 22.2 Å². The van der Waals surface area contributed by atoms with Crippen molar-refractivity contribution in [2.45, 2.75) is 70.3 Å². The Morgan fingerprint density at radius 2 is 1.65 bits per heavy atom. The lowest BCUT2D eigenvalue weighted by Crippen LogP contribution is -2.47. The van der Waals surface area contributed by atoms with Gasteiger partial charge in [-0.15, -0.1) is 6.58 Å². The summed E-state index contributed by atoms with van der Waals surface area (Å²) >= 11 is 0. The summed E-state index contributed by atoms with van der Waals surface area (Å²) in [5.41, 5.74) is 7.67. The van der Waals surface area contributed by atoms with Crippen LogP contribution in [0.1, 0.15) is 77.7 Å². The number of rotatable bonds is 12. The van der Waals surface area contributed by atoms with Crippen LogP contribution in [0.15, 0.2) is 116 Å². The Bertz CT molecular complexity index is 1960. The average molecular weight is 683 g/mol. The number of aliphatic hydroxyl groups is 1. The van der Waals surface area contributed by atoms with Gasteiger partial charge in [-0.3, -0.25) is 14.7 Å². The number of para-hydroxylation sites is 2. The molecule has 8 heteroatoms. The summed E-state index contributed by atoms with van der Waals surface area (Å²) < 4.78 is 13.7. The van der Waals surface area contributed by atoms with Gasteiger partial charge in [0.15, 0.2) is 6.29 Å². The number of nitrogens with zero attached hydrogens (tertiary/aromatic N) is 3. The van der Waals surface area contributed by atoms with Crippen molar-refractivity contribution in [2.24, 2.45) is 5.92 Å². The van der Waals surface area contributed by atoms with Gasteiger partial charge in [-0.05, 0) is 64.9 Å². The van der Waals surface area contributed by atoms with E-state index >= 15 is 0 Å². The summed E-state index contributed by atoms with van der Waals surface area (Å²) in [6, 6.07) is 32.7. The zero-order valence-corrected chi connectivity index (χ0v) is 29.2. The first-order chi connectivity index (χ1) is 25.0. The number of carbonyl (C=O) groups is 1. The van der Waals surface area contributed by atoms with E-state index in [-0.39, 0.29) is 36.3 Å². The Kier molecular flexibility index (Phi) is 10.9. The maximum atomic E-state index is 13.0. The van der Waals surface area contributed by atoms with Gasteiger partial charge in [-0.25, -0.2) is 4.98 Å². The van der Waals surface area contributed by atoms with Crippen molar-refractivity contribution >= 4 is 16.9 Å².